The first kappa shape index (κ1) is 11.2. The van der Waals surface area contributed by atoms with Crippen LogP contribution in [0.2, 0.25) is 0 Å². The SMILES string of the molecule is C[C@H](NC(=O)CCCCl)C(N)=O. The molecule has 0 aromatic carbocycles. The summed E-state index contributed by atoms with van der Waals surface area (Å²) in [5.41, 5.74) is 4.93. The van der Waals surface area contributed by atoms with Gasteiger partial charge >= 0.3 is 0 Å². The maximum Gasteiger partial charge on any atom is 0.239 e. The van der Waals surface area contributed by atoms with Crippen LogP contribution in [0, 0.1) is 0 Å². The highest BCUT2D eigenvalue weighted by atomic mass is 35.5. The van der Waals surface area contributed by atoms with Crippen molar-refractivity contribution < 1.29 is 9.59 Å². The third kappa shape index (κ3) is 4.96. The summed E-state index contributed by atoms with van der Waals surface area (Å²) in [5.74, 6) is -0.283. The topological polar surface area (TPSA) is 72.2 Å². The molecule has 4 nitrogen and oxygen atoms in total. The van der Waals surface area contributed by atoms with E-state index in [4.69, 9.17) is 17.3 Å². The molecule has 0 aromatic rings. The predicted octanol–water partition coefficient (Wildman–Crippen LogP) is -0.00460. The monoisotopic (exact) mass is 192 g/mol. The molecule has 12 heavy (non-hydrogen) atoms. The Labute approximate surface area is 76.4 Å². The van der Waals surface area contributed by atoms with Crippen molar-refractivity contribution in [2.24, 2.45) is 5.73 Å². The molecule has 0 aromatic heterocycles. The number of halogens is 1. The van der Waals surface area contributed by atoms with Gasteiger partial charge in [0.2, 0.25) is 11.8 Å². The van der Waals surface area contributed by atoms with Crippen molar-refractivity contribution in [3.63, 3.8) is 0 Å². The lowest BCUT2D eigenvalue weighted by Crippen LogP contribution is -2.42. The average molecular weight is 193 g/mol. The quantitative estimate of drug-likeness (QED) is 0.602. The second-order valence-electron chi connectivity index (χ2n) is 2.48. The molecule has 2 amide bonds. The maximum atomic E-state index is 10.9. The van der Waals surface area contributed by atoms with Gasteiger partial charge in [0.1, 0.15) is 6.04 Å². The Morgan fingerprint density at radius 2 is 2.17 bits per heavy atom. The molecule has 0 aliphatic heterocycles. The molecule has 0 aliphatic carbocycles. The first-order chi connectivity index (χ1) is 5.57. The lowest BCUT2D eigenvalue weighted by molar-refractivity contribution is -0.127. The third-order valence-corrected chi connectivity index (χ3v) is 1.61. The molecule has 0 saturated carbocycles. The van der Waals surface area contributed by atoms with Crippen molar-refractivity contribution in [3.8, 4) is 0 Å². The fourth-order valence-electron chi connectivity index (χ4n) is 0.612. The predicted molar refractivity (Wildman–Crippen MR) is 46.8 cm³/mol. The first-order valence-corrected chi connectivity index (χ1v) is 4.26. The Balaban J connectivity index is 3.61. The van der Waals surface area contributed by atoms with Crippen molar-refractivity contribution >= 4 is 23.4 Å². The number of carbonyl (C=O) groups excluding carboxylic acids is 2. The molecule has 0 heterocycles. The van der Waals surface area contributed by atoms with E-state index in [9.17, 15) is 9.59 Å². The highest BCUT2D eigenvalue weighted by molar-refractivity contribution is 6.17. The molecule has 3 N–H and O–H groups in total. The normalized spacial score (nSPS) is 12.2. The van der Waals surface area contributed by atoms with Gasteiger partial charge in [-0.3, -0.25) is 9.59 Å². The maximum absolute atomic E-state index is 10.9. The summed E-state index contributed by atoms with van der Waals surface area (Å²) >= 11 is 5.37. The van der Waals surface area contributed by atoms with Crippen molar-refractivity contribution in [2.45, 2.75) is 25.8 Å². The molecule has 1 atom stereocenters. The summed E-state index contributed by atoms with van der Waals surface area (Å²) in [6.07, 6.45) is 0.944. The summed E-state index contributed by atoms with van der Waals surface area (Å²) in [6, 6.07) is -0.604. The number of alkyl halides is 1. The van der Waals surface area contributed by atoms with Crippen molar-refractivity contribution in [1.29, 1.82) is 0 Å². The van der Waals surface area contributed by atoms with Crippen molar-refractivity contribution in [1.82, 2.24) is 5.32 Å². The van der Waals surface area contributed by atoms with Gasteiger partial charge in [-0.25, -0.2) is 0 Å². The lowest BCUT2D eigenvalue weighted by Gasteiger charge is -2.08. The zero-order valence-corrected chi connectivity index (χ0v) is 7.73. The fourth-order valence-corrected chi connectivity index (χ4v) is 0.746. The standard InChI is InChI=1S/C7H13ClN2O2/c1-5(7(9)12)10-6(11)3-2-4-8/h5H,2-4H2,1H3,(H2,9,12)(H,10,11)/t5-/m0/s1. The average Bonchev–Trinajstić information content (AvgIpc) is 2.00. The molecule has 5 heteroatoms. The summed E-state index contributed by atoms with van der Waals surface area (Å²) in [5, 5.41) is 2.44. The van der Waals surface area contributed by atoms with Gasteiger partial charge < -0.3 is 11.1 Å². The Morgan fingerprint density at radius 1 is 1.58 bits per heavy atom. The van der Waals surface area contributed by atoms with Gasteiger partial charge in [0.15, 0.2) is 0 Å². The van der Waals surface area contributed by atoms with E-state index < -0.39 is 11.9 Å². The molecular weight excluding hydrogens is 180 g/mol. The van der Waals surface area contributed by atoms with Gasteiger partial charge in [0.05, 0.1) is 0 Å². The third-order valence-electron chi connectivity index (χ3n) is 1.34. The molecule has 0 rings (SSSR count). The number of hydrogen-bond donors (Lipinski definition) is 2. The van der Waals surface area contributed by atoms with Gasteiger partial charge in [0.25, 0.3) is 0 Å². The summed E-state index contributed by atoms with van der Waals surface area (Å²) in [6.45, 7) is 1.54. The highest BCUT2D eigenvalue weighted by Crippen LogP contribution is 1.92. The molecule has 0 fully saturated rings. The highest BCUT2D eigenvalue weighted by Gasteiger charge is 2.10. The van der Waals surface area contributed by atoms with E-state index in [2.05, 4.69) is 5.32 Å². The molecular formula is C7H13ClN2O2. The van der Waals surface area contributed by atoms with Crippen LogP contribution in [0.3, 0.4) is 0 Å². The van der Waals surface area contributed by atoms with E-state index in [1.165, 1.54) is 0 Å². The smallest absolute Gasteiger partial charge is 0.239 e. The molecule has 0 bridgehead atoms. The largest absolute Gasteiger partial charge is 0.368 e. The van der Waals surface area contributed by atoms with E-state index >= 15 is 0 Å². The number of primary amides is 1. The lowest BCUT2D eigenvalue weighted by atomic mass is 10.2. The van der Waals surface area contributed by atoms with Crippen LogP contribution < -0.4 is 11.1 Å². The van der Waals surface area contributed by atoms with E-state index in [-0.39, 0.29) is 5.91 Å². The van der Waals surface area contributed by atoms with Gasteiger partial charge in [-0.05, 0) is 13.3 Å². The molecule has 0 spiro atoms. The number of amides is 2. The van der Waals surface area contributed by atoms with Crippen LogP contribution in [0.1, 0.15) is 19.8 Å². The molecule has 0 radical (unpaired) electrons. The number of nitrogens with two attached hydrogens (primary N) is 1. The second-order valence-corrected chi connectivity index (χ2v) is 2.86. The van der Waals surface area contributed by atoms with E-state index in [0.29, 0.717) is 18.7 Å². The zero-order valence-electron chi connectivity index (χ0n) is 6.97. The Morgan fingerprint density at radius 3 is 2.58 bits per heavy atom. The molecule has 0 unspecified atom stereocenters. The van der Waals surface area contributed by atoms with Crippen LogP contribution >= 0.6 is 11.6 Å². The Kier molecular flexibility index (Phi) is 5.45. The summed E-state index contributed by atoms with van der Waals surface area (Å²) in [4.78, 5) is 21.4. The minimum atomic E-state index is -0.604. The number of nitrogens with one attached hydrogen (secondary N) is 1. The summed E-state index contributed by atoms with van der Waals surface area (Å²) in [7, 11) is 0. The summed E-state index contributed by atoms with van der Waals surface area (Å²) < 4.78 is 0. The van der Waals surface area contributed by atoms with Crippen molar-refractivity contribution in [2.75, 3.05) is 5.88 Å². The fraction of sp³-hybridized carbons (Fsp3) is 0.714. The minimum Gasteiger partial charge on any atom is -0.368 e. The van der Waals surface area contributed by atoms with Crippen LogP contribution in [0.5, 0.6) is 0 Å². The zero-order chi connectivity index (χ0) is 9.56. The number of carbonyl (C=O) groups is 2. The molecule has 0 aliphatic rings. The van der Waals surface area contributed by atoms with Gasteiger partial charge in [-0.15, -0.1) is 11.6 Å². The Bertz CT molecular complexity index is 173. The number of hydrogen-bond acceptors (Lipinski definition) is 2. The van der Waals surface area contributed by atoms with Crippen LogP contribution in [0.15, 0.2) is 0 Å². The second kappa shape index (κ2) is 5.83. The molecule has 0 saturated heterocycles. The van der Waals surface area contributed by atoms with Crippen LogP contribution in [-0.2, 0) is 9.59 Å². The first-order valence-electron chi connectivity index (χ1n) is 3.72. The Hall–Kier alpha value is -0.770. The van der Waals surface area contributed by atoms with Crippen LogP contribution in [0.4, 0.5) is 0 Å². The van der Waals surface area contributed by atoms with Crippen LogP contribution in [-0.4, -0.2) is 23.7 Å². The van der Waals surface area contributed by atoms with E-state index in [1.54, 1.807) is 6.92 Å². The van der Waals surface area contributed by atoms with Crippen molar-refractivity contribution in [3.05, 3.63) is 0 Å². The van der Waals surface area contributed by atoms with Crippen LogP contribution in [0.25, 0.3) is 0 Å². The molecule has 70 valence electrons. The van der Waals surface area contributed by atoms with E-state index in [0.717, 1.165) is 0 Å². The van der Waals surface area contributed by atoms with Gasteiger partial charge in [0, 0.05) is 12.3 Å². The number of rotatable bonds is 5. The van der Waals surface area contributed by atoms with Gasteiger partial charge in [-0.1, -0.05) is 0 Å². The van der Waals surface area contributed by atoms with Gasteiger partial charge in [-0.2, -0.15) is 0 Å². The minimum absolute atomic E-state index is 0.193. The van der Waals surface area contributed by atoms with E-state index in [1.807, 2.05) is 0 Å².